The topological polar surface area (TPSA) is 12.5 Å². The lowest BCUT2D eigenvalue weighted by Crippen LogP contribution is -2.18. The minimum atomic E-state index is 0.130. The number of hydrogen-bond donors (Lipinski definition) is 0. The molecule has 0 bridgehead atoms. The van der Waals surface area contributed by atoms with Crippen LogP contribution in [0.3, 0.4) is 0 Å². The molecule has 62 valence electrons. The van der Waals surface area contributed by atoms with Crippen LogP contribution in [-0.4, -0.2) is 11.7 Å². The summed E-state index contributed by atoms with van der Waals surface area (Å²) in [6.45, 7) is 6.73. The summed E-state index contributed by atoms with van der Waals surface area (Å²) in [7, 11) is 0. The van der Waals surface area contributed by atoms with Crippen LogP contribution in [0.4, 0.5) is 0 Å². The lowest BCUT2D eigenvalue weighted by Gasteiger charge is -2.19. The maximum absolute atomic E-state index is 5.56. The van der Waals surface area contributed by atoms with Gasteiger partial charge in [-0.3, -0.25) is 0 Å². The third kappa shape index (κ3) is 1.12. The Morgan fingerprint density at radius 1 is 1.55 bits per heavy atom. The molecule has 0 aromatic carbocycles. The molecule has 1 saturated heterocycles. The van der Waals surface area contributed by atoms with Gasteiger partial charge in [0.1, 0.15) is 5.60 Å². The highest BCUT2D eigenvalue weighted by molar-refractivity contribution is 5.20. The third-order valence-corrected chi connectivity index (χ3v) is 3.00. The Bertz CT molecular complexity index is 195. The van der Waals surface area contributed by atoms with Gasteiger partial charge < -0.3 is 4.74 Å². The molecule has 1 heteroatoms. The molecular weight excluding hydrogens is 136 g/mol. The van der Waals surface area contributed by atoms with Gasteiger partial charge >= 0.3 is 0 Å². The van der Waals surface area contributed by atoms with Crippen molar-refractivity contribution >= 4 is 0 Å². The zero-order chi connectivity index (χ0) is 8.06. The van der Waals surface area contributed by atoms with E-state index in [4.69, 9.17) is 4.74 Å². The first-order valence-electron chi connectivity index (χ1n) is 4.49. The van der Waals surface area contributed by atoms with E-state index in [1.54, 1.807) is 0 Å². The van der Waals surface area contributed by atoms with Crippen LogP contribution in [0.2, 0.25) is 0 Å². The molecular formula is C10H16O. The van der Waals surface area contributed by atoms with Gasteiger partial charge in [0.15, 0.2) is 0 Å². The fourth-order valence-corrected chi connectivity index (χ4v) is 1.84. The van der Waals surface area contributed by atoms with E-state index in [1.807, 2.05) is 0 Å². The van der Waals surface area contributed by atoms with Crippen LogP contribution in [-0.2, 0) is 4.74 Å². The number of fused-ring (bicyclic) bond motifs is 1. The predicted molar refractivity (Wildman–Crippen MR) is 45.4 cm³/mol. The van der Waals surface area contributed by atoms with Crippen LogP contribution in [0.1, 0.15) is 27.2 Å². The molecule has 0 unspecified atom stereocenters. The second-order valence-corrected chi connectivity index (χ2v) is 4.29. The van der Waals surface area contributed by atoms with Crippen molar-refractivity contribution in [2.75, 3.05) is 0 Å². The molecule has 0 N–H and O–H groups in total. The number of allylic oxidation sites excluding steroid dienone is 1. The van der Waals surface area contributed by atoms with Crippen LogP contribution in [0.5, 0.6) is 0 Å². The Morgan fingerprint density at radius 3 is 2.82 bits per heavy atom. The molecule has 0 radical (unpaired) electrons. The Kier molecular flexibility index (Phi) is 1.40. The lowest BCUT2D eigenvalue weighted by molar-refractivity contribution is 0.324. The highest BCUT2D eigenvalue weighted by atomic mass is 16.6. The number of epoxide rings is 1. The summed E-state index contributed by atoms with van der Waals surface area (Å²) in [6, 6.07) is 0. The van der Waals surface area contributed by atoms with E-state index in [2.05, 4.69) is 32.9 Å². The molecule has 0 aromatic heterocycles. The van der Waals surface area contributed by atoms with E-state index >= 15 is 0 Å². The molecule has 0 aromatic rings. The monoisotopic (exact) mass is 152 g/mol. The van der Waals surface area contributed by atoms with Gasteiger partial charge in [-0.25, -0.2) is 0 Å². The molecule has 0 amide bonds. The molecule has 1 aliphatic heterocycles. The van der Waals surface area contributed by atoms with Gasteiger partial charge in [0, 0.05) is 0 Å². The summed E-state index contributed by atoms with van der Waals surface area (Å²) in [5, 5.41) is 0. The molecule has 2 rings (SSSR count). The van der Waals surface area contributed by atoms with E-state index in [0.717, 1.165) is 11.8 Å². The number of hydrogen-bond acceptors (Lipinski definition) is 1. The van der Waals surface area contributed by atoms with E-state index in [-0.39, 0.29) is 5.60 Å². The van der Waals surface area contributed by atoms with Gasteiger partial charge in [-0.1, -0.05) is 26.0 Å². The Labute approximate surface area is 68.4 Å². The largest absolute Gasteiger partial charge is 0.362 e. The highest BCUT2D eigenvalue weighted by Gasteiger charge is 2.52. The first-order valence-corrected chi connectivity index (χ1v) is 4.49. The maximum Gasteiger partial charge on any atom is 0.110 e. The second-order valence-electron chi connectivity index (χ2n) is 4.29. The lowest BCUT2D eigenvalue weighted by atomic mass is 9.83. The van der Waals surface area contributed by atoms with Gasteiger partial charge in [0.05, 0.1) is 6.10 Å². The molecule has 1 nitrogen and oxygen atoms in total. The van der Waals surface area contributed by atoms with Gasteiger partial charge in [-0.2, -0.15) is 0 Å². The average Bonchev–Trinajstić information content (AvgIpc) is 2.58. The van der Waals surface area contributed by atoms with Crippen LogP contribution >= 0.6 is 0 Å². The van der Waals surface area contributed by atoms with Crippen molar-refractivity contribution in [3.8, 4) is 0 Å². The summed E-state index contributed by atoms with van der Waals surface area (Å²) in [5.41, 5.74) is 0.130. The predicted octanol–water partition coefficient (Wildman–Crippen LogP) is 2.38. The molecule has 0 saturated carbocycles. The molecule has 11 heavy (non-hydrogen) atoms. The molecule has 1 heterocycles. The van der Waals surface area contributed by atoms with E-state index in [0.29, 0.717) is 6.10 Å². The Morgan fingerprint density at radius 2 is 2.27 bits per heavy atom. The fraction of sp³-hybridized carbons (Fsp3) is 0.800. The van der Waals surface area contributed by atoms with E-state index in [9.17, 15) is 0 Å². The van der Waals surface area contributed by atoms with E-state index in [1.165, 1.54) is 6.42 Å². The van der Waals surface area contributed by atoms with Crippen LogP contribution in [0.15, 0.2) is 12.2 Å². The molecule has 3 atom stereocenters. The molecule has 1 aliphatic carbocycles. The quantitative estimate of drug-likeness (QED) is 0.415. The maximum atomic E-state index is 5.56. The van der Waals surface area contributed by atoms with Crippen molar-refractivity contribution < 1.29 is 4.74 Å². The van der Waals surface area contributed by atoms with Crippen molar-refractivity contribution in [1.29, 1.82) is 0 Å². The minimum Gasteiger partial charge on any atom is -0.362 e. The minimum absolute atomic E-state index is 0.130. The van der Waals surface area contributed by atoms with Crippen molar-refractivity contribution in [1.82, 2.24) is 0 Å². The van der Waals surface area contributed by atoms with E-state index < -0.39 is 0 Å². The first-order chi connectivity index (χ1) is 5.12. The molecule has 0 spiro atoms. The summed E-state index contributed by atoms with van der Waals surface area (Å²) in [6.07, 6.45) is 6.32. The zero-order valence-corrected chi connectivity index (χ0v) is 7.50. The summed E-state index contributed by atoms with van der Waals surface area (Å²) >= 11 is 0. The van der Waals surface area contributed by atoms with Crippen molar-refractivity contribution in [2.24, 2.45) is 11.8 Å². The standard InChI is InChI=1S/C10H16O/c1-7(2)8-4-5-10(3)9(6-8)11-10/h4-5,7-9H,6H2,1-3H3/t8-,9-,10+/m1/s1. The van der Waals surface area contributed by atoms with Gasteiger partial charge in [0.25, 0.3) is 0 Å². The van der Waals surface area contributed by atoms with Crippen LogP contribution < -0.4 is 0 Å². The van der Waals surface area contributed by atoms with Crippen molar-refractivity contribution in [3.63, 3.8) is 0 Å². The highest BCUT2D eigenvalue weighted by Crippen LogP contribution is 2.46. The summed E-state index contributed by atoms with van der Waals surface area (Å²) in [5.74, 6) is 1.51. The second kappa shape index (κ2) is 2.10. The SMILES string of the molecule is CC(C)[C@@H]1C=C[C@]2(C)O[C@@H]2C1. The van der Waals surface area contributed by atoms with Gasteiger partial charge in [-0.05, 0) is 25.2 Å². The van der Waals surface area contributed by atoms with Crippen LogP contribution in [0, 0.1) is 11.8 Å². The normalized spacial score (nSPS) is 47.6. The summed E-state index contributed by atoms with van der Waals surface area (Å²) in [4.78, 5) is 0. The molecule has 1 fully saturated rings. The van der Waals surface area contributed by atoms with Crippen molar-refractivity contribution in [2.45, 2.75) is 38.9 Å². The Balaban J connectivity index is 2.07. The van der Waals surface area contributed by atoms with Gasteiger partial charge in [-0.15, -0.1) is 0 Å². The summed E-state index contributed by atoms with van der Waals surface area (Å²) < 4.78 is 5.56. The smallest absolute Gasteiger partial charge is 0.110 e. The zero-order valence-electron chi connectivity index (χ0n) is 7.50. The third-order valence-electron chi connectivity index (χ3n) is 3.00. The first kappa shape index (κ1) is 7.35. The number of rotatable bonds is 1. The Hall–Kier alpha value is -0.300. The fourth-order valence-electron chi connectivity index (χ4n) is 1.84. The van der Waals surface area contributed by atoms with Gasteiger partial charge in [0.2, 0.25) is 0 Å². The van der Waals surface area contributed by atoms with Crippen LogP contribution in [0.25, 0.3) is 0 Å². The number of ether oxygens (including phenoxy) is 1. The molecule has 2 aliphatic rings. The average molecular weight is 152 g/mol. The van der Waals surface area contributed by atoms with Crippen molar-refractivity contribution in [3.05, 3.63) is 12.2 Å².